The van der Waals surface area contributed by atoms with Gasteiger partial charge < -0.3 is 4.74 Å². The lowest BCUT2D eigenvalue weighted by molar-refractivity contribution is 0.0635. The maximum atomic E-state index is 14.7. The monoisotopic (exact) mass is 333 g/mol. The Morgan fingerprint density at radius 3 is 2.35 bits per heavy atom. The van der Waals surface area contributed by atoms with E-state index in [2.05, 4.69) is 5.32 Å². The van der Waals surface area contributed by atoms with E-state index in [0.717, 1.165) is 11.1 Å². The van der Waals surface area contributed by atoms with Crippen LogP contribution in [0, 0.1) is 5.82 Å². The zero-order valence-electron chi connectivity index (χ0n) is 13.6. The fourth-order valence-corrected chi connectivity index (χ4v) is 2.81. The van der Waals surface area contributed by atoms with Crippen molar-refractivity contribution in [2.24, 2.45) is 0 Å². The van der Waals surface area contributed by atoms with Crippen LogP contribution in [0.3, 0.4) is 0 Å². The lowest BCUT2D eigenvalue weighted by Gasteiger charge is -2.20. The van der Waals surface area contributed by atoms with Gasteiger partial charge in [-0.15, -0.1) is 11.8 Å². The molecular weight excluding hydrogens is 313 g/mol. The van der Waals surface area contributed by atoms with Crippen LogP contribution in [0.25, 0.3) is 11.1 Å². The molecule has 3 nitrogen and oxygen atoms in total. The van der Waals surface area contributed by atoms with Crippen LogP contribution in [0.4, 0.5) is 14.9 Å². The molecule has 0 spiro atoms. The third-order valence-electron chi connectivity index (χ3n) is 3.02. The Balaban J connectivity index is 2.33. The third-order valence-corrected chi connectivity index (χ3v) is 3.83. The summed E-state index contributed by atoms with van der Waals surface area (Å²) in [6, 6.07) is 12.9. The van der Waals surface area contributed by atoms with Gasteiger partial charge in [-0.2, -0.15) is 0 Å². The number of nitrogens with one attached hydrogen (secondary N) is 1. The Bertz CT molecular complexity index is 696. The quantitative estimate of drug-likeness (QED) is 0.747. The number of halogens is 1. The highest BCUT2D eigenvalue weighted by atomic mass is 32.2. The zero-order valence-corrected chi connectivity index (χ0v) is 14.5. The fourth-order valence-electron chi connectivity index (χ4n) is 2.11. The summed E-state index contributed by atoms with van der Waals surface area (Å²) < 4.78 is 19.9. The first-order valence-corrected chi connectivity index (χ1v) is 8.46. The Hall–Kier alpha value is -2.01. The number of hydrogen-bond acceptors (Lipinski definition) is 3. The van der Waals surface area contributed by atoms with Crippen LogP contribution >= 0.6 is 11.8 Å². The predicted molar refractivity (Wildman–Crippen MR) is 93.5 cm³/mol. The van der Waals surface area contributed by atoms with Crippen molar-refractivity contribution in [2.45, 2.75) is 31.3 Å². The first kappa shape index (κ1) is 17.3. The highest BCUT2D eigenvalue weighted by Gasteiger charge is 2.19. The van der Waals surface area contributed by atoms with Crippen molar-refractivity contribution in [3.05, 3.63) is 48.3 Å². The third kappa shape index (κ3) is 4.48. The Labute approximate surface area is 140 Å². The maximum absolute atomic E-state index is 14.7. The number of rotatable bonds is 3. The summed E-state index contributed by atoms with van der Waals surface area (Å²) in [7, 11) is 0. The molecule has 0 saturated heterocycles. The molecule has 0 saturated carbocycles. The zero-order chi connectivity index (χ0) is 17.0. The molecule has 23 heavy (non-hydrogen) atoms. The van der Waals surface area contributed by atoms with Gasteiger partial charge in [0.2, 0.25) is 0 Å². The summed E-state index contributed by atoms with van der Waals surface area (Å²) in [6.07, 6.45) is 1.14. The van der Waals surface area contributed by atoms with Crippen molar-refractivity contribution < 1.29 is 13.9 Å². The van der Waals surface area contributed by atoms with E-state index >= 15 is 0 Å². The van der Waals surface area contributed by atoms with E-state index in [4.69, 9.17) is 4.74 Å². The van der Waals surface area contributed by atoms with Crippen LogP contribution in [0.1, 0.15) is 20.8 Å². The van der Waals surface area contributed by atoms with Crippen molar-refractivity contribution in [1.82, 2.24) is 0 Å². The van der Waals surface area contributed by atoms with Crippen molar-refractivity contribution in [3.8, 4) is 11.1 Å². The second kappa shape index (κ2) is 7.04. The first-order valence-electron chi connectivity index (χ1n) is 7.24. The summed E-state index contributed by atoms with van der Waals surface area (Å²) in [5, 5.41) is 2.47. The molecule has 0 fully saturated rings. The molecule has 0 aliphatic rings. The molecule has 2 aromatic rings. The molecule has 1 N–H and O–H groups in total. The summed E-state index contributed by atoms with van der Waals surface area (Å²) >= 11 is 1.30. The molecule has 0 unspecified atom stereocenters. The molecule has 1 amide bonds. The van der Waals surface area contributed by atoms with Gasteiger partial charge in [0.1, 0.15) is 5.60 Å². The Morgan fingerprint density at radius 1 is 1.13 bits per heavy atom. The number of benzene rings is 2. The van der Waals surface area contributed by atoms with E-state index in [-0.39, 0.29) is 5.69 Å². The van der Waals surface area contributed by atoms with E-state index in [0.29, 0.717) is 4.90 Å². The SMILES string of the molecule is CSc1c(-c2ccccc2)ccc(NC(=O)OC(C)(C)C)c1F. The number of hydrogen-bond donors (Lipinski definition) is 1. The van der Waals surface area contributed by atoms with Gasteiger partial charge in [0.25, 0.3) is 0 Å². The molecule has 0 aliphatic heterocycles. The molecule has 0 atom stereocenters. The van der Waals surface area contributed by atoms with E-state index in [9.17, 15) is 9.18 Å². The summed E-state index contributed by atoms with van der Waals surface area (Å²) in [4.78, 5) is 12.3. The van der Waals surface area contributed by atoms with E-state index in [1.165, 1.54) is 11.8 Å². The highest BCUT2D eigenvalue weighted by molar-refractivity contribution is 7.98. The first-order chi connectivity index (χ1) is 10.8. The number of anilines is 1. The van der Waals surface area contributed by atoms with Gasteiger partial charge in [-0.3, -0.25) is 5.32 Å². The number of carbonyl (C=O) groups is 1. The predicted octanol–water partition coefficient (Wildman–Crippen LogP) is 5.56. The standard InChI is InChI=1S/C18H20FNO2S/c1-18(2,3)22-17(21)20-14-11-10-13(16(23-4)15(14)19)12-8-6-5-7-9-12/h5-11H,1-4H3,(H,20,21). The topological polar surface area (TPSA) is 38.3 Å². The second-order valence-electron chi connectivity index (χ2n) is 6.00. The van der Waals surface area contributed by atoms with Crippen molar-refractivity contribution >= 4 is 23.5 Å². The Kier molecular flexibility index (Phi) is 5.31. The number of amides is 1. The van der Waals surface area contributed by atoms with Crippen LogP contribution in [0.5, 0.6) is 0 Å². The molecule has 2 rings (SSSR count). The van der Waals surface area contributed by atoms with Gasteiger partial charge in [-0.1, -0.05) is 36.4 Å². The van der Waals surface area contributed by atoms with Gasteiger partial charge in [0.15, 0.2) is 5.82 Å². The van der Waals surface area contributed by atoms with Crippen LogP contribution in [-0.2, 0) is 4.74 Å². The van der Waals surface area contributed by atoms with Crippen molar-refractivity contribution in [2.75, 3.05) is 11.6 Å². The molecule has 5 heteroatoms. The minimum Gasteiger partial charge on any atom is -0.444 e. The minimum absolute atomic E-state index is 0.114. The molecular formula is C18H20FNO2S. The van der Waals surface area contributed by atoms with E-state index in [1.54, 1.807) is 32.9 Å². The van der Waals surface area contributed by atoms with Crippen molar-refractivity contribution in [1.29, 1.82) is 0 Å². The van der Waals surface area contributed by atoms with Crippen LogP contribution < -0.4 is 5.32 Å². The average molecular weight is 333 g/mol. The van der Waals surface area contributed by atoms with Gasteiger partial charge in [-0.25, -0.2) is 9.18 Å². The molecule has 122 valence electrons. The van der Waals surface area contributed by atoms with Gasteiger partial charge in [0.05, 0.1) is 10.6 Å². The molecule has 0 heterocycles. The van der Waals surface area contributed by atoms with E-state index in [1.807, 2.05) is 36.6 Å². The Morgan fingerprint density at radius 2 is 1.78 bits per heavy atom. The smallest absolute Gasteiger partial charge is 0.412 e. The van der Waals surface area contributed by atoms with Crippen molar-refractivity contribution in [3.63, 3.8) is 0 Å². The lowest BCUT2D eigenvalue weighted by atomic mass is 10.0. The average Bonchev–Trinajstić information content (AvgIpc) is 2.48. The maximum Gasteiger partial charge on any atom is 0.412 e. The fraction of sp³-hybridized carbons (Fsp3) is 0.278. The number of ether oxygens (including phenoxy) is 1. The molecule has 0 radical (unpaired) electrons. The summed E-state index contributed by atoms with van der Waals surface area (Å²) in [5.41, 5.74) is 1.21. The van der Waals surface area contributed by atoms with E-state index < -0.39 is 17.5 Å². The highest BCUT2D eigenvalue weighted by Crippen LogP contribution is 2.35. The minimum atomic E-state index is -0.670. The number of carbonyl (C=O) groups excluding carboxylic acids is 1. The van der Waals surface area contributed by atoms with Gasteiger partial charge in [-0.05, 0) is 44.2 Å². The normalized spacial score (nSPS) is 11.2. The summed E-state index contributed by atoms with van der Waals surface area (Å²) in [6.45, 7) is 5.28. The molecule has 0 aromatic heterocycles. The van der Waals surface area contributed by atoms with Crippen LogP contribution in [-0.4, -0.2) is 18.0 Å². The van der Waals surface area contributed by atoms with Gasteiger partial charge >= 0.3 is 6.09 Å². The largest absolute Gasteiger partial charge is 0.444 e. The van der Waals surface area contributed by atoms with Crippen LogP contribution in [0.15, 0.2) is 47.4 Å². The lowest BCUT2D eigenvalue weighted by Crippen LogP contribution is -2.27. The van der Waals surface area contributed by atoms with Gasteiger partial charge in [0, 0.05) is 0 Å². The second-order valence-corrected chi connectivity index (χ2v) is 6.82. The molecule has 0 aliphatic carbocycles. The van der Waals surface area contributed by atoms with Crippen LogP contribution in [0.2, 0.25) is 0 Å². The number of thioether (sulfide) groups is 1. The molecule has 2 aromatic carbocycles. The molecule has 0 bridgehead atoms. The summed E-state index contributed by atoms with van der Waals surface area (Å²) in [5.74, 6) is -0.454.